The van der Waals surface area contributed by atoms with Gasteiger partial charge >= 0.3 is 5.69 Å². The molecule has 0 saturated heterocycles. The maximum Gasteiger partial charge on any atom is 0.328 e. The van der Waals surface area contributed by atoms with Crippen LogP contribution >= 0.6 is 0 Å². The van der Waals surface area contributed by atoms with Crippen LogP contribution in [0.1, 0.15) is 5.89 Å². The zero-order chi connectivity index (χ0) is 11.0. The van der Waals surface area contributed by atoms with Crippen LogP contribution < -0.4 is 11.2 Å². The first kappa shape index (κ1) is 9.38. The molecule has 0 aromatic carbocycles. The van der Waals surface area contributed by atoms with Crippen molar-refractivity contribution in [2.75, 3.05) is 0 Å². The van der Waals surface area contributed by atoms with Crippen molar-refractivity contribution < 1.29 is 4.52 Å². The summed E-state index contributed by atoms with van der Waals surface area (Å²) >= 11 is 0. The van der Waals surface area contributed by atoms with Gasteiger partial charge in [0.25, 0.3) is 5.56 Å². The predicted octanol–water partition coefficient (Wildman–Crippen LogP) is -0.568. The van der Waals surface area contributed by atoms with Gasteiger partial charge in [-0.2, -0.15) is 4.98 Å². The van der Waals surface area contributed by atoms with Gasteiger partial charge < -0.3 is 9.09 Å². The quantitative estimate of drug-likeness (QED) is 0.677. The highest BCUT2D eigenvalue weighted by Crippen LogP contribution is 2.07. The summed E-state index contributed by atoms with van der Waals surface area (Å²) < 4.78 is 5.98. The molecular weight excluding hydrogens is 200 g/mol. The first-order valence-corrected chi connectivity index (χ1v) is 4.18. The van der Waals surface area contributed by atoms with Crippen molar-refractivity contribution in [1.82, 2.24) is 19.7 Å². The first-order valence-electron chi connectivity index (χ1n) is 4.18. The van der Waals surface area contributed by atoms with Crippen LogP contribution in [0.3, 0.4) is 0 Å². The molecule has 0 spiro atoms. The van der Waals surface area contributed by atoms with Gasteiger partial charge in [0, 0.05) is 20.2 Å². The fourth-order valence-corrected chi connectivity index (χ4v) is 1.13. The Morgan fingerprint density at radius 1 is 1.47 bits per heavy atom. The minimum Gasteiger partial charge on any atom is -0.339 e. The lowest BCUT2D eigenvalue weighted by atomic mass is 10.3. The molecule has 0 radical (unpaired) electrons. The first-order chi connectivity index (χ1) is 7.08. The van der Waals surface area contributed by atoms with Gasteiger partial charge in [0.2, 0.25) is 11.7 Å². The van der Waals surface area contributed by atoms with Crippen LogP contribution in [0.2, 0.25) is 0 Å². The molecule has 0 aliphatic rings. The van der Waals surface area contributed by atoms with Gasteiger partial charge in [0.15, 0.2) is 0 Å². The van der Waals surface area contributed by atoms with E-state index in [1.165, 1.54) is 17.8 Å². The van der Waals surface area contributed by atoms with Gasteiger partial charge in [-0.05, 0) is 0 Å². The summed E-state index contributed by atoms with van der Waals surface area (Å²) in [6.45, 7) is 1.62. The number of hydrogen-bond donors (Lipinski definition) is 1. The van der Waals surface area contributed by atoms with Gasteiger partial charge in [-0.3, -0.25) is 9.78 Å². The number of aromatic nitrogens is 4. The molecule has 0 bridgehead atoms. The minimum atomic E-state index is -0.529. The molecule has 0 fully saturated rings. The fourth-order valence-electron chi connectivity index (χ4n) is 1.13. The zero-order valence-electron chi connectivity index (χ0n) is 8.14. The number of nitrogens with zero attached hydrogens (tertiary/aromatic N) is 3. The van der Waals surface area contributed by atoms with E-state index in [1.54, 1.807) is 6.92 Å². The summed E-state index contributed by atoms with van der Waals surface area (Å²) in [7, 11) is 1.52. The average Bonchev–Trinajstić information content (AvgIpc) is 2.58. The molecule has 0 saturated carbocycles. The van der Waals surface area contributed by atoms with Crippen molar-refractivity contribution in [2.45, 2.75) is 6.92 Å². The third kappa shape index (κ3) is 1.58. The van der Waals surface area contributed by atoms with E-state index in [0.717, 1.165) is 0 Å². The van der Waals surface area contributed by atoms with Crippen LogP contribution in [0.15, 0.2) is 20.3 Å². The highest BCUT2D eigenvalue weighted by atomic mass is 16.5. The van der Waals surface area contributed by atoms with Crippen LogP contribution in [0, 0.1) is 6.92 Å². The van der Waals surface area contributed by atoms with E-state index in [-0.39, 0.29) is 11.4 Å². The fraction of sp³-hybridized carbons (Fsp3) is 0.250. The highest BCUT2D eigenvalue weighted by molar-refractivity contribution is 5.50. The topological polar surface area (TPSA) is 93.8 Å². The molecule has 0 aliphatic carbocycles. The van der Waals surface area contributed by atoms with E-state index in [4.69, 9.17) is 4.52 Å². The molecule has 0 atom stereocenters. The molecule has 0 aliphatic heterocycles. The van der Waals surface area contributed by atoms with Crippen molar-refractivity contribution in [3.8, 4) is 11.4 Å². The van der Waals surface area contributed by atoms with Crippen LogP contribution in [0.5, 0.6) is 0 Å². The molecular formula is C8H8N4O3. The van der Waals surface area contributed by atoms with Crippen molar-refractivity contribution in [1.29, 1.82) is 0 Å². The number of aromatic amines is 1. The lowest BCUT2D eigenvalue weighted by molar-refractivity contribution is 0.394. The summed E-state index contributed by atoms with van der Waals surface area (Å²) in [6, 6.07) is 0. The van der Waals surface area contributed by atoms with Gasteiger partial charge in [0.1, 0.15) is 5.56 Å². The van der Waals surface area contributed by atoms with E-state index in [0.29, 0.717) is 5.89 Å². The van der Waals surface area contributed by atoms with E-state index in [9.17, 15) is 9.59 Å². The molecule has 78 valence electrons. The van der Waals surface area contributed by atoms with Crippen molar-refractivity contribution in [2.24, 2.45) is 7.05 Å². The number of aryl methyl sites for hydroxylation is 2. The zero-order valence-corrected chi connectivity index (χ0v) is 8.14. The number of hydrogen-bond acceptors (Lipinski definition) is 5. The third-order valence-electron chi connectivity index (χ3n) is 1.88. The highest BCUT2D eigenvalue weighted by Gasteiger charge is 2.11. The van der Waals surface area contributed by atoms with Crippen molar-refractivity contribution in [3.05, 3.63) is 32.9 Å². The second-order valence-electron chi connectivity index (χ2n) is 3.05. The average molecular weight is 208 g/mol. The lowest BCUT2D eigenvalue weighted by Crippen LogP contribution is -2.28. The van der Waals surface area contributed by atoms with Gasteiger partial charge in [-0.15, -0.1) is 0 Å². The molecule has 2 rings (SSSR count). The maximum absolute atomic E-state index is 11.4. The van der Waals surface area contributed by atoms with Crippen LogP contribution in [-0.4, -0.2) is 19.7 Å². The molecule has 7 heteroatoms. The normalized spacial score (nSPS) is 10.5. The molecule has 15 heavy (non-hydrogen) atoms. The van der Waals surface area contributed by atoms with E-state index in [1.807, 2.05) is 0 Å². The molecule has 2 aromatic rings. The molecule has 1 N–H and O–H groups in total. The summed E-state index contributed by atoms with van der Waals surface area (Å²) in [4.78, 5) is 28.5. The SMILES string of the molecule is Cc1nc(-c2cn(C)c(=O)[nH]c2=O)no1. The van der Waals surface area contributed by atoms with Crippen LogP contribution in [0.25, 0.3) is 11.4 Å². The maximum atomic E-state index is 11.4. The van der Waals surface area contributed by atoms with Crippen LogP contribution in [0.4, 0.5) is 0 Å². The molecule has 7 nitrogen and oxygen atoms in total. The second-order valence-corrected chi connectivity index (χ2v) is 3.05. The Balaban J connectivity index is 2.68. The van der Waals surface area contributed by atoms with Gasteiger partial charge in [-0.1, -0.05) is 5.16 Å². The Morgan fingerprint density at radius 3 is 2.80 bits per heavy atom. The van der Waals surface area contributed by atoms with Gasteiger partial charge in [0.05, 0.1) is 0 Å². The van der Waals surface area contributed by atoms with Gasteiger partial charge in [-0.25, -0.2) is 4.79 Å². The number of nitrogens with one attached hydrogen (secondary N) is 1. The summed E-state index contributed by atoms with van der Waals surface area (Å²) in [5.41, 5.74) is -0.809. The second kappa shape index (κ2) is 3.19. The molecule has 2 heterocycles. The Labute approximate surface area is 83.4 Å². The van der Waals surface area contributed by atoms with Crippen molar-refractivity contribution >= 4 is 0 Å². The van der Waals surface area contributed by atoms with E-state index >= 15 is 0 Å². The Bertz CT molecular complexity index is 607. The summed E-state index contributed by atoms with van der Waals surface area (Å²) in [5.74, 6) is 0.530. The van der Waals surface area contributed by atoms with Crippen LogP contribution in [-0.2, 0) is 7.05 Å². The predicted molar refractivity (Wildman–Crippen MR) is 50.3 cm³/mol. The van der Waals surface area contributed by atoms with Crippen molar-refractivity contribution in [3.63, 3.8) is 0 Å². The summed E-state index contributed by atoms with van der Waals surface area (Å²) in [6.07, 6.45) is 1.37. The Morgan fingerprint density at radius 2 is 2.20 bits per heavy atom. The Kier molecular flexibility index (Phi) is 2.00. The minimum absolute atomic E-state index is 0.171. The van der Waals surface area contributed by atoms with E-state index < -0.39 is 11.2 Å². The monoisotopic (exact) mass is 208 g/mol. The standard InChI is InChI=1S/C8H8N4O3/c1-4-9-6(11-15-4)5-3-12(2)8(14)10-7(5)13/h3H,1-2H3,(H,10,13,14). The lowest BCUT2D eigenvalue weighted by Gasteiger charge is -1.97. The summed E-state index contributed by atoms with van der Waals surface area (Å²) in [5, 5.41) is 3.60. The molecule has 2 aromatic heterocycles. The molecule has 0 amide bonds. The largest absolute Gasteiger partial charge is 0.339 e. The third-order valence-corrected chi connectivity index (χ3v) is 1.88. The van der Waals surface area contributed by atoms with E-state index in [2.05, 4.69) is 15.1 Å². The molecule has 0 unspecified atom stereocenters. The smallest absolute Gasteiger partial charge is 0.328 e. The Hall–Kier alpha value is -2.18. The number of H-pyrrole nitrogens is 1. The number of rotatable bonds is 1.